The SMILES string of the molecule is COc1ccc2cc(C(=O)Nc3ccc(C(N)=O)cc3)[nH]c2c1. The number of nitrogens with two attached hydrogens (primary N) is 1. The number of hydrogen-bond donors (Lipinski definition) is 3. The third-order valence-corrected chi connectivity index (χ3v) is 3.50. The third kappa shape index (κ3) is 3.01. The summed E-state index contributed by atoms with van der Waals surface area (Å²) in [5, 5.41) is 3.68. The van der Waals surface area contributed by atoms with Gasteiger partial charge in [0.25, 0.3) is 5.91 Å². The maximum Gasteiger partial charge on any atom is 0.272 e. The van der Waals surface area contributed by atoms with Crippen molar-refractivity contribution in [2.75, 3.05) is 12.4 Å². The summed E-state index contributed by atoms with van der Waals surface area (Å²) in [5.41, 5.74) is 7.41. The number of rotatable bonds is 4. The number of methoxy groups -OCH3 is 1. The largest absolute Gasteiger partial charge is 0.497 e. The fourth-order valence-electron chi connectivity index (χ4n) is 2.27. The maximum absolute atomic E-state index is 12.3. The second-order valence-corrected chi connectivity index (χ2v) is 5.03. The third-order valence-electron chi connectivity index (χ3n) is 3.50. The van der Waals surface area contributed by atoms with Gasteiger partial charge in [-0.05, 0) is 42.5 Å². The number of hydrogen-bond acceptors (Lipinski definition) is 3. The lowest BCUT2D eigenvalue weighted by Gasteiger charge is -2.04. The first-order chi connectivity index (χ1) is 11.1. The molecule has 0 aliphatic heterocycles. The topological polar surface area (TPSA) is 97.2 Å². The number of nitrogens with one attached hydrogen (secondary N) is 2. The van der Waals surface area contributed by atoms with E-state index in [0.717, 1.165) is 10.9 Å². The van der Waals surface area contributed by atoms with Gasteiger partial charge in [0.05, 0.1) is 7.11 Å². The van der Waals surface area contributed by atoms with Crippen LogP contribution in [0.5, 0.6) is 5.75 Å². The van der Waals surface area contributed by atoms with Gasteiger partial charge in [-0.3, -0.25) is 9.59 Å². The Kier molecular flexibility index (Phi) is 3.72. The summed E-state index contributed by atoms with van der Waals surface area (Å²) in [5.74, 6) is -0.0622. The summed E-state index contributed by atoms with van der Waals surface area (Å²) >= 11 is 0. The Balaban J connectivity index is 1.81. The van der Waals surface area contributed by atoms with Crippen LogP contribution < -0.4 is 15.8 Å². The van der Waals surface area contributed by atoms with Crippen LogP contribution in [0.3, 0.4) is 0 Å². The molecule has 0 unspecified atom stereocenters. The van der Waals surface area contributed by atoms with Crippen LogP contribution in [0, 0.1) is 0 Å². The lowest BCUT2D eigenvalue weighted by molar-refractivity contribution is 0.0998. The second-order valence-electron chi connectivity index (χ2n) is 5.03. The molecule has 3 aromatic rings. The fourth-order valence-corrected chi connectivity index (χ4v) is 2.27. The number of primary amides is 1. The van der Waals surface area contributed by atoms with Crippen LogP contribution in [0.25, 0.3) is 10.9 Å². The molecule has 6 nitrogen and oxygen atoms in total. The van der Waals surface area contributed by atoms with Gasteiger partial charge in [0.2, 0.25) is 5.91 Å². The van der Waals surface area contributed by atoms with E-state index in [9.17, 15) is 9.59 Å². The van der Waals surface area contributed by atoms with E-state index in [1.54, 1.807) is 37.4 Å². The molecule has 0 fully saturated rings. The molecule has 0 bridgehead atoms. The van der Waals surface area contributed by atoms with Crippen molar-refractivity contribution < 1.29 is 14.3 Å². The first-order valence-corrected chi connectivity index (χ1v) is 6.95. The van der Waals surface area contributed by atoms with Crippen molar-refractivity contribution in [2.24, 2.45) is 5.73 Å². The lowest BCUT2D eigenvalue weighted by Crippen LogP contribution is -2.13. The highest BCUT2D eigenvalue weighted by atomic mass is 16.5. The van der Waals surface area contributed by atoms with E-state index in [0.29, 0.717) is 22.7 Å². The zero-order chi connectivity index (χ0) is 16.4. The lowest BCUT2D eigenvalue weighted by atomic mass is 10.2. The minimum Gasteiger partial charge on any atom is -0.497 e. The first-order valence-electron chi connectivity index (χ1n) is 6.95. The molecule has 23 heavy (non-hydrogen) atoms. The van der Waals surface area contributed by atoms with Crippen LogP contribution in [0.15, 0.2) is 48.5 Å². The minimum absolute atomic E-state index is 0.271. The number of benzene rings is 2. The van der Waals surface area contributed by atoms with Gasteiger partial charge in [-0.1, -0.05) is 0 Å². The number of H-pyrrole nitrogens is 1. The Hall–Kier alpha value is -3.28. The molecule has 0 aliphatic carbocycles. The van der Waals surface area contributed by atoms with E-state index < -0.39 is 5.91 Å². The first kappa shape index (κ1) is 14.6. The van der Waals surface area contributed by atoms with Gasteiger partial charge < -0.3 is 20.8 Å². The fraction of sp³-hybridized carbons (Fsp3) is 0.0588. The van der Waals surface area contributed by atoms with Gasteiger partial charge in [0.15, 0.2) is 0 Å². The average Bonchev–Trinajstić information content (AvgIpc) is 2.98. The Bertz CT molecular complexity index is 882. The number of carbonyl (C=O) groups excluding carboxylic acids is 2. The zero-order valence-corrected chi connectivity index (χ0v) is 12.4. The molecule has 6 heteroatoms. The predicted molar refractivity (Wildman–Crippen MR) is 87.8 cm³/mol. The van der Waals surface area contributed by atoms with Crippen molar-refractivity contribution in [1.82, 2.24) is 4.98 Å². The van der Waals surface area contributed by atoms with E-state index in [2.05, 4.69) is 10.3 Å². The number of amides is 2. The smallest absolute Gasteiger partial charge is 0.272 e. The Labute approximate surface area is 132 Å². The van der Waals surface area contributed by atoms with Crippen LogP contribution in [-0.4, -0.2) is 23.9 Å². The maximum atomic E-state index is 12.3. The Morgan fingerprint density at radius 1 is 1.09 bits per heavy atom. The van der Waals surface area contributed by atoms with Crippen LogP contribution in [-0.2, 0) is 0 Å². The van der Waals surface area contributed by atoms with Gasteiger partial charge in [-0.25, -0.2) is 0 Å². The molecule has 0 atom stereocenters. The molecule has 0 spiro atoms. The number of carbonyl (C=O) groups is 2. The van der Waals surface area contributed by atoms with Crippen molar-refractivity contribution in [3.8, 4) is 5.75 Å². The van der Waals surface area contributed by atoms with Gasteiger partial charge >= 0.3 is 0 Å². The standard InChI is InChI=1S/C17H15N3O3/c1-23-13-7-4-11-8-15(20-14(11)9-13)17(22)19-12-5-2-10(3-6-12)16(18)21/h2-9,20H,1H3,(H2,18,21)(H,19,22). The molecular formula is C17H15N3O3. The van der Waals surface area contributed by atoms with Crippen molar-refractivity contribution in [1.29, 1.82) is 0 Å². The predicted octanol–water partition coefficient (Wildman–Crippen LogP) is 2.53. The Morgan fingerprint density at radius 2 is 1.83 bits per heavy atom. The van der Waals surface area contributed by atoms with Crippen LogP contribution >= 0.6 is 0 Å². The molecule has 1 heterocycles. The minimum atomic E-state index is -0.507. The zero-order valence-electron chi connectivity index (χ0n) is 12.4. The number of ether oxygens (including phenoxy) is 1. The average molecular weight is 309 g/mol. The molecule has 4 N–H and O–H groups in total. The molecule has 0 saturated heterocycles. The number of anilines is 1. The molecule has 0 aliphatic rings. The summed E-state index contributed by atoms with van der Waals surface area (Å²) in [4.78, 5) is 26.4. The summed E-state index contributed by atoms with van der Waals surface area (Å²) in [6.07, 6.45) is 0. The molecular weight excluding hydrogens is 294 g/mol. The summed E-state index contributed by atoms with van der Waals surface area (Å²) in [6, 6.07) is 13.7. The second kappa shape index (κ2) is 5.84. The van der Waals surface area contributed by atoms with E-state index in [4.69, 9.17) is 10.5 Å². The van der Waals surface area contributed by atoms with E-state index in [1.807, 2.05) is 18.2 Å². The molecule has 2 amide bonds. The number of aromatic amines is 1. The van der Waals surface area contributed by atoms with Crippen LogP contribution in [0.2, 0.25) is 0 Å². The van der Waals surface area contributed by atoms with Crippen molar-refractivity contribution in [3.63, 3.8) is 0 Å². The van der Waals surface area contributed by atoms with E-state index >= 15 is 0 Å². The van der Waals surface area contributed by atoms with Gasteiger partial charge in [0, 0.05) is 28.2 Å². The number of fused-ring (bicyclic) bond motifs is 1. The van der Waals surface area contributed by atoms with Crippen molar-refractivity contribution in [3.05, 3.63) is 59.8 Å². The summed E-state index contributed by atoms with van der Waals surface area (Å²) in [6.45, 7) is 0. The molecule has 116 valence electrons. The highest BCUT2D eigenvalue weighted by molar-refractivity contribution is 6.06. The molecule has 3 rings (SSSR count). The number of aromatic nitrogens is 1. The van der Waals surface area contributed by atoms with E-state index in [-0.39, 0.29) is 5.91 Å². The van der Waals surface area contributed by atoms with Gasteiger partial charge in [-0.2, -0.15) is 0 Å². The monoisotopic (exact) mass is 309 g/mol. The van der Waals surface area contributed by atoms with Gasteiger partial charge in [0.1, 0.15) is 11.4 Å². The molecule has 1 aromatic heterocycles. The summed E-state index contributed by atoms with van der Waals surface area (Å²) < 4.78 is 5.16. The van der Waals surface area contributed by atoms with Crippen LogP contribution in [0.4, 0.5) is 5.69 Å². The van der Waals surface area contributed by atoms with Crippen LogP contribution in [0.1, 0.15) is 20.8 Å². The highest BCUT2D eigenvalue weighted by Crippen LogP contribution is 2.22. The normalized spacial score (nSPS) is 10.5. The summed E-state index contributed by atoms with van der Waals surface area (Å²) in [7, 11) is 1.59. The van der Waals surface area contributed by atoms with Crippen molar-refractivity contribution in [2.45, 2.75) is 0 Å². The highest BCUT2D eigenvalue weighted by Gasteiger charge is 2.10. The van der Waals surface area contributed by atoms with Crippen molar-refractivity contribution >= 4 is 28.4 Å². The molecule has 0 saturated carbocycles. The Morgan fingerprint density at radius 3 is 2.48 bits per heavy atom. The van der Waals surface area contributed by atoms with E-state index in [1.165, 1.54) is 0 Å². The molecule has 2 aromatic carbocycles. The van der Waals surface area contributed by atoms with Gasteiger partial charge in [-0.15, -0.1) is 0 Å². The molecule has 0 radical (unpaired) electrons. The quantitative estimate of drug-likeness (QED) is 0.690.